The molecule has 0 N–H and O–H groups in total. The first-order valence-electron chi connectivity index (χ1n) is 6.31. The Balaban J connectivity index is 2.09. The lowest BCUT2D eigenvalue weighted by Gasteiger charge is -2.24. The summed E-state index contributed by atoms with van der Waals surface area (Å²) in [4.78, 5) is 11.2. The lowest BCUT2D eigenvalue weighted by molar-refractivity contribution is -0.167. The fraction of sp³-hybridized carbons (Fsp3) is 0.500. The van der Waals surface area contributed by atoms with Gasteiger partial charge >= 0.3 is 12.1 Å². The number of carbonyl (C=O) groups is 1. The van der Waals surface area contributed by atoms with Crippen LogP contribution < -0.4 is 0 Å². The summed E-state index contributed by atoms with van der Waals surface area (Å²) in [6, 6.07) is 4.56. The van der Waals surface area contributed by atoms with Crippen molar-refractivity contribution in [3.8, 4) is 0 Å². The van der Waals surface area contributed by atoms with Crippen LogP contribution in [0.3, 0.4) is 0 Å². The molecule has 7 heteroatoms. The average molecular weight is 304 g/mol. The zero-order valence-corrected chi connectivity index (χ0v) is 11.6. The van der Waals surface area contributed by atoms with Crippen molar-refractivity contribution in [1.82, 2.24) is 0 Å². The number of ether oxygens (including phenoxy) is 3. The molecule has 1 aliphatic rings. The first kappa shape index (κ1) is 15.8. The number of rotatable bonds is 3. The van der Waals surface area contributed by atoms with Crippen molar-refractivity contribution in [1.29, 1.82) is 0 Å². The first-order valence-corrected chi connectivity index (χ1v) is 6.31. The molecule has 1 heterocycles. The maximum atomic E-state index is 12.5. The Kier molecular flexibility index (Phi) is 4.25. The van der Waals surface area contributed by atoms with Crippen molar-refractivity contribution in [2.45, 2.75) is 31.4 Å². The van der Waals surface area contributed by atoms with Crippen molar-refractivity contribution < 1.29 is 32.2 Å². The van der Waals surface area contributed by atoms with Gasteiger partial charge in [-0.2, -0.15) is 13.2 Å². The second-order valence-electron chi connectivity index (χ2n) is 4.85. The molecule has 0 amide bonds. The van der Waals surface area contributed by atoms with Gasteiger partial charge in [-0.05, 0) is 19.1 Å². The van der Waals surface area contributed by atoms with Crippen LogP contribution in [0.4, 0.5) is 13.2 Å². The maximum Gasteiger partial charge on any atom is 0.416 e. The second kappa shape index (κ2) is 5.65. The molecular weight excluding hydrogens is 289 g/mol. The molecular formula is C14H15F3O4. The topological polar surface area (TPSA) is 44.8 Å². The van der Waals surface area contributed by atoms with Crippen LogP contribution in [-0.2, 0) is 31.0 Å². The standard InChI is InChI=1S/C14H15F3O4/c1-13(20-8-11(21-13)7-12(18)19-2)9-3-5-10(6-4-9)14(15,16)17/h3-6,11H,7-8H2,1-2H3. The van der Waals surface area contributed by atoms with Gasteiger partial charge in [-0.1, -0.05) is 12.1 Å². The molecule has 1 fully saturated rings. The normalized spacial score (nSPS) is 25.9. The van der Waals surface area contributed by atoms with Gasteiger partial charge in [0.15, 0.2) is 5.79 Å². The van der Waals surface area contributed by atoms with Crippen molar-refractivity contribution >= 4 is 5.97 Å². The summed E-state index contributed by atoms with van der Waals surface area (Å²) in [5.41, 5.74) is -0.276. The maximum absolute atomic E-state index is 12.5. The van der Waals surface area contributed by atoms with E-state index in [4.69, 9.17) is 9.47 Å². The molecule has 1 aliphatic heterocycles. The Hall–Kier alpha value is -1.60. The molecule has 2 atom stereocenters. The van der Waals surface area contributed by atoms with Gasteiger partial charge in [-0.15, -0.1) is 0 Å². The van der Waals surface area contributed by atoms with Crippen LogP contribution in [0.1, 0.15) is 24.5 Å². The number of halogens is 3. The fourth-order valence-electron chi connectivity index (χ4n) is 2.12. The predicted octanol–water partition coefficient (Wildman–Crippen LogP) is 2.86. The molecule has 0 aromatic heterocycles. The van der Waals surface area contributed by atoms with Crippen LogP contribution in [0, 0.1) is 0 Å². The molecule has 0 saturated carbocycles. The van der Waals surface area contributed by atoms with E-state index in [2.05, 4.69) is 4.74 Å². The number of alkyl halides is 3. The molecule has 0 radical (unpaired) electrons. The van der Waals surface area contributed by atoms with Gasteiger partial charge in [-0.25, -0.2) is 0 Å². The van der Waals surface area contributed by atoms with Crippen LogP contribution in [0.15, 0.2) is 24.3 Å². The second-order valence-corrected chi connectivity index (χ2v) is 4.85. The summed E-state index contributed by atoms with van der Waals surface area (Å²) < 4.78 is 53.2. The van der Waals surface area contributed by atoms with Crippen LogP contribution in [-0.4, -0.2) is 25.8 Å². The van der Waals surface area contributed by atoms with Crippen molar-refractivity contribution in [3.63, 3.8) is 0 Å². The molecule has 1 aromatic rings. The van der Waals surface area contributed by atoms with Gasteiger partial charge in [0, 0.05) is 5.56 Å². The number of esters is 1. The van der Waals surface area contributed by atoms with Gasteiger partial charge in [0.05, 0.1) is 31.8 Å². The van der Waals surface area contributed by atoms with Crippen LogP contribution >= 0.6 is 0 Å². The monoisotopic (exact) mass is 304 g/mol. The van der Waals surface area contributed by atoms with E-state index in [1.165, 1.54) is 19.2 Å². The molecule has 116 valence electrons. The molecule has 21 heavy (non-hydrogen) atoms. The Morgan fingerprint density at radius 2 is 2.00 bits per heavy atom. The summed E-state index contributed by atoms with van der Waals surface area (Å²) >= 11 is 0. The minimum atomic E-state index is -4.38. The molecule has 1 aromatic carbocycles. The molecule has 2 rings (SSSR count). The fourth-order valence-corrected chi connectivity index (χ4v) is 2.12. The summed E-state index contributed by atoms with van der Waals surface area (Å²) in [5, 5.41) is 0. The third kappa shape index (κ3) is 3.54. The minimum Gasteiger partial charge on any atom is -0.469 e. The third-order valence-electron chi connectivity index (χ3n) is 3.29. The van der Waals surface area contributed by atoms with E-state index in [9.17, 15) is 18.0 Å². The quantitative estimate of drug-likeness (QED) is 0.806. The lowest BCUT2D eigenvalue weighted by atomic mass is 10.1. The Morgan fingerprint density at radius 3 is 2.52 bits per heavy atom. The Morgan fingerprint density at radius 1 is 1.38 bits per heavy atom. The minimum absolute atomic E-state index is 0.0344. The highest BCUT2D eigenvalue weighted by molar-refractivity contribution is 5.69. The summed E-state index contributed by atoms with van der Waals surface area (Å²) in [7, 11) is 1.27. The van der Waals surface area contributed by atoms with Gasteiger partial charge in [0.2, 0.25) is 0 Å². The molecule has 0 aliphatic carbocycles. The van der Waals surface area contributed by atoms with E-state index in [1.54, 1.807) is 6.92 Å². The van der Waals surface area contributed by atoms with Crippen molar-refractivity contribution in [2.24, 2.45) is 0 Å². The van der Waals surface area contributed by atoms with E-state index in [-0.39, 0.29) is 13.0 Å². The lowest BCUT2D eigenvalue weighted by Crippen LogP contribution is -2.25. The summed E-state index contributed by atoms with van der Waals surface area (Å²) in [5.74, 6) is -1.59. The smallest absolute Gasteiger partial charge is 0.416 e. The molecule has 2 unspecified atom stereocenters. The Labute approximate surface area is 119 Å². The van der Waals surface area contributed by atoms with E-state index in [1.807, 2.05) is 0 Å². The zero-order valence-electron chi connectivity index (χ0n) is 11.6. The van der Waals surface area contributed by atoms with Gasteiger partial charge in [0.1, 0.15) is 0 Å². The Bertz CT molecular complexity index is 512. The molecule has 0 spiro atoms. The average Bonchev–Trinajstić information content (AvgIpc) is 2.80. The van der Waals surface area contributed by atoms with Crippen LogP contribution in [0.5, 0.6) is 0 Å². The van der Waals surface area contributed by atoms with Gasteiger partial charge < -0.3 is 14.2 Å². The first-order chi connectivity index (χ1) is 9.74. The van der Waals surface area contributed by atoms with E-state index < -0.39 is 29.6 Å². The summed E-state index contributed by atoms with van der Waals surface area (Å²) in [6.07, 6.45) is -4.83. The van der Waals surface area contributed by atoms with Gasteiger partial charge in [0.25, 0.3) is 0 Å². The number of hydrogen-bond donors (Lipinski definition) is 0. The highest BCUT2D eigenvalue weighted by Gasteiger charge is 2.40. The summed E-state index contributed by atoms with van der Waals surface area (Å²) in [6.45, 7) is 1.78. The van der Waals surface area contributed by atoms with Crippen LogP contribution in [0.25, 0.3) is 0 Å². The predicted molar refractivity (Wildman–Crippen MR) is 66.3 cm³/mol. The SMILES string of the molecule is COC(=O)CC1COC(C)(c2ccc(C(F)(F)F)cc2)O1. The molecule has 4 nitrogen and oxygen atoms in total. The van der Waals surface area contributed by atoms with Crippen LogP contribution in [0.2, 0.25) is 0 Å². The number of hydrogen-bond acceptors (Lipinski definition) is 4. The van der Waals surface area contributed by atoms with E-state index >= 15 is 0 Å². The van der Waals surface area contributed by atoms with E-state index in [0.29, 0.717) is 5.56 Å². The molecule has 0 bridgehead atoms. The van der Waals surface area contributed by atoms with Gasteiger partial charge in [-0.3, -0.25) is 4.79 Å². The highest BCUT2D eigenvalue weighted by atomic mass is 19.4. The third-order valence-corrected chi connectivity index (χ3v) is 3.29. The molecule has 1 saturated heterocycles. The number of benzene rings is 1. The zero-order chi connectivity index (χ0) is 15.7. The van der Waals surface area contributed by atoms with Crippen molar-refractivity contribution in [2.75, 3.05) is 13.7 Å². The number of carbonyl (C=O) groups excluding carboxylic acids is 1. The largest absolute Gasteiger partial charge is 0.469 e. The highest BCUT2D eigenvalue weighted by Crippen LogP contribution is 2.36. The number of methoxy groups -OCH3 is 1. The van der Waals surface area contributed by atoms with Crippen molar-refractivity contribution in [3.05, 3.63) is 35.4 Å². The van der Waals surface area contributed by atoms with E-state index in [0.717, 1.165) is 12.1 Å².